The molecular formula is C21H20F2N4O. The summed E-state index contributed by atoms with van der Waals surface area (Å²) >= 11 is 0. The molecule has 1 fully saturated rings. The highest BCUT2D eigenvalue weighted by Gasteiger charge is 2.29. The molecule has 0 spiro atoms. The quantitative estimate of drug-likeness (QED) is 0.713. The molecule has 1 saturated heterocycles. The van der Waals surface area contributed by atoms with Crippen molar-refractivity contribution in [2.45, 2.75) is 25.2 Å². The molecule has 5 nitrogen and oxygen atoms in total. The maximum Gasteiger partial charge on any atom is 0.237 e. The number of nitrogens with zero attached hydrogens (tertiary/aromatic N) is 2. The highest BCUT2D eigenvalue weighted by Crippen LogP contribution is 2.24. The Balaban J connectivity index is 1.60. The zero-order valence-electron chi connectivity index (χ0n) is 15.1. The lowest BCUT2D eigenvalue weighted by molar-refractivity contribution is -0.123. The fraction of sp³-hybridized carbons (Fsp3) is 0.238. The molecule has 3 aromatic rings. The molecule has 1 aromatic heterocycles. The molecule has 2 atom stereocenters. The van der Waals surface area contributed by atoms with Gasteiger partial charge >= 0.3 is 0 Å². The number of halogens is 2. The number of nitrogens with one attached hydrogen (secondary N) is 2. The van der Waals surface area contributed by atoms with Crippen molar-refractivity contribution in [3.63, 3.8) is 0 Å². The van der Waals surface area contributed by atoms with Crippen LogP contribution >= 0.6 is 0 Å². The number of carbonyl (C=O) groups excluding carboxylic acids is 1. The Labute approximate surface area is 161 Å². The van der Waals surface area contributed by atoms with Gasteiger partial charge in [-0.3, -0.25) is 4.79 Å². The van der Waals surface area contributed by atoms with E-state index in [0.717, 1.165) is 16.8 Å². The lowest BCUT2D eigenvalue weighted by atomic mass is 10.1. The number of carbonyl (C=O) groups is 1. The minimum Gasteiger partial charge on any atom is -0.351 e. The van der Waals surface area contributed by atoms with Crippen LogP contribution in [0, 0.1) is 5.82 Å². The second-order valence-electron chi connectivity index (χ2n) is 6.80. The van der Waals surface area contributed by atoms with E-state index in [9.17, 15) is 13.6 Å². The van der Waals surface area contributed by atoms with Crippen LogP contribution in [0.4, 0.5) is 8.78 Å². The van der Waals surface area contributed by atoms with Crippen molar-refractivity contribution < 1.29 is 13.6 Å². The van der Waals surface area contributed by atoms with E-state index >= 15 is 0 Å². The summed E-state index contributed by atoms with van der Waals surface area (Å²) in [7, 11) is 0. The molecule has 0 radical (unpaired) electrons. The van der Waals surface area contributed by atoms with Crippen LogP contribution in [0.15, 0.2) is 60.8 Å². The van der Waals surface area contributed by atoms with Crippen molar-refractivity contribution in [3.8, 4) is 16.9 Å². The zero-order valence-corrected chi connectivity index (χ0v) is 15.1. The van der Waals surface area contributed by atoms with Crippen LogP contribution in [0.3, 0.4) is 0 Å². The lowest BCUT2D eigenvalue weighted by Crippen LogP contribution is -2.40. The third-order valence-electron chi connectivity index (χ3n) is 4.78. The van der Waals surface area contributed by atoms with Gasteiger partial charge in [-0.25, -0.2) is 13.5 Å². The summed E-state index contributed by atoms with van der Waals surface area (Å²) in [5.74, 6) is -0.563. The number of benzene rings is 2. The summed E-state index contributed by atoms with van der Waals surface area (Å²) in [6.45, 7) is 0.443. The van der Waals surface area contributed by atoms with Gasteiger partial charge in [0, 0.05) is 36.8 Å². The van der Waals surface area contributed by atoms with Gasteiger partial charge < -0.3 is 10.6 Å². The van der Waals surface area contributed by atoms with Gasteiger partial charge in [-0.2, -0.15) is 5.10 Å². The molecule has 2 heterocycles. The molecule has 0 unspecified atom stereocenters. The molecule has 7 heteroatoms. The maximum absolute atomic E-state index is 13.3. The largest absolute Gasteiger partial charge is 0.351 e. The van der Waals surface area contributed by atoms with E-state index in [-0.39, 0.29) is 31.2 Å². The molecule has 144 valence electrons. The summed E-state index contributed by atoms with van der Waals surface area (Å²) in [5.41, 5.74) is 3.08. The predicted molar refractivity (Wildman–Crippen MR) is 102 cm³/mol. The van der Waals surface area contributed by atoms with Crippen LogP contribution in [-0.4, -0.2) is 34.4 Å². The van der Waals surface area contributed by atoms with Gasteiger partial charge in [-0.15, -0.1) is 0 Å². The first-order valence-electron chi connectivity index (χ1n) is 9.15. The topological polar surface area (TPSA) is 59.0 Å². The Hall–Kier alpha value is -3.06. The van der Waals surface area contributed by atoms with Gasteiger partial charge in [-0.1, -0.05) is 18.2 Å². The fourth-order valence-corrected chi connectivity index (χ4v) is 3.30. The SMILES string of the molecule is O=C(NCc1cn(-c2ccccc2)nc1-c1ccc(F)cc1)[C@H]1C[C@H](F)CN1. The van der Waals surface area contributed by atoms with Gasteiger partial charge in [0.25, 0.3) is 0 Å². The van der Waals surface area contributed by atoms with Crippen molar-refractivity contribution in [2.75, 3.05) is 6.54 Å². The predicted octanol–water partition coefficient (Wildman–Crippen LogP) is 2.99. The molecule has 28 heavy (non-hydrogen) atoms. The Morgan fingerprint density at radius 2 is 1.93 bits per heavy atom. The minimum absolute atomic E-state index is 0.180. The van der Waals surface area contributed by atoms with E-state index in [1.165, 1.54) is 12.1 Å². The first-order chi connectivity index (χ1) is 13.6. The number of rotatable bonds is 5. The maximum atomic E-state index is 13.3. The van der Waals surface area contributed by atoms with Gasteiger partial charge in [0.1, 0.15) is 12.0 Å². The first kappa shape index (κ1) is 18.3. The molecule has 0 saturated carbocycles. The van der Waals surface area contributed by atoms with Crippen molar-refractivity contribution in [2.24, 2.45) is 0 Å². The molecule has 2 aromatic carbocycles. The summed E-state index contributed by atoms with van der Waals surface area (Å²) in [4.78, 5) is 12.3. The first-order valence-corrected chi connectivity index (χ1v) is 9.15. The normalized spacial score (nSPS) is 18.9. The number of alkyl halides is 1. The Morgan fingerprint density at radius 3 is 2.61 bits per heavy atom. The zero-order chi connectivity index (χ0) is 19.5. The minimum atomic E-state index is -0.994. The van der Waals surface area contributed by atoms with Crippen LogP contribution in [0.5, 0.6) is 0 Å². The second kappa shape index (κ2) is 7.90. The number of para-hydroxylation sites is 1. The van der Waals surface area contributed by atoms with Crippen LogP contribution < -0.4 is 10.6 Å². The van der Waals surface area contributed by atoms with Gasteiger partial charge in [0.05, 0.1) is 17.4 Å². The Morgan fingerprint density at radius 1 is 1.18 bits per heavy atom. The second-order valence-corrected chi connectivity index (χ2v) is 6.80. The van der Waals surface area contributed by atoms with E-state index in [1.807, 2.05) is 36.5 Å². The highest BCUT2D eigenvalue weighted by atomic mass is 19.1. The van der Waals surface area contributed by atoms with Crippen LogP contribution in [0.25, 0.3) is 16.9 Å². The van der Waals surface area contributed by atoms with E-state index < -0.39 is 12.2 Å². The van der Waals surface area contributed by atoms with Crippen LogP contribution in [0.2, 0.25) is 0 Å². The van der Waals surface area contributed by atoms with E-state index in [1.54, 1.807) is 16.8 Å². The summed E-state index contributed by atoms with van der Waals surface area (Å²) in [5, 5.41) is 10.4. The Kier molecular flexibility index (Phi) is 5.16. The smallest absolute Gasteiger partial charge is 0.237 e. The molecule has 0 bridgehead atoms. The molecule has 0 aliphatic carbocycles. The third kappa shape index (κ3) is 3.94. The molecular weight excluding hydrogens is 362 g/mol. The van der Waals surface area contributed by atoms with Crippen molar-refractivity contribution in [1.82, 2.24) is 20.4 Å². The van der Waals surface area contributed by atoms with E-state index in [0.29, 0.717) is 5.69 Å². The number of aromatic nitrogens is 2. The fourth-order valence-electron chi connectivity index (χ4n) is 3.30. The summed E-state index contributed by atoms with van der Waals surface area (Å²) in [6, 6.07) is 15.1. The standard InChI is InChI=1S/C21H20F2N4O/c22-16-8-6-14(7-9-16)20-15(11-25-21(28)19-10-17(23)12-24-19)13-27(26-20)18-4-2-1-3-5-18/h1-9,13,17,19,24H,10-12H2,(H,25,28)/t17-,19+/m0/s1. The van der Waals surface area contributed by atoms with Crippen LogP contribution in [-0.2, 0) is 11.3 Å². The third-order valence-corrected chi connectivity index (χ3v) is 4.78. The average Bonchev–Trinajstić information content (AvgIpc) is 3.34. The van der Waals surface area contributed by atoms with E-state index in [2.05, 4.69) is 15.7 Å². The molecule has 4 rings (SSSR count). The lowest BCUT2D eigenvalue weighted by Gasteiger charge is -2.10. The molecule has 2 N–H and O–H groups in total. The highest BCUT2D eigenvalue weighted by molar-refractivity contribution is 5.82. The van der Waals surface area contributed by atoms with E-state index in [4.69, 9.17) is 0 Å². The van der Waals surface area contributed by atoms with Gasteiger partial charge in [0.2, 0.25) is 5.91 Å². The summed E-state index contributed by atoms with van der Waals surface area (Å²) in [6.07, 6.45) is 1.03. The summed E-state index contributed by atoms with van der Waals surface area (Å²) < 4.78 is 28.4. The molecule has 1 aliphatic rings. The van der Waals surface area contributed by atoms with Crippen molar-refractivity contribution >= 4 is 5.91 Å². The van der Waals surface area contributed by atoms with Crippen LogP contribution in [0.1, 0.15) is 12.0 Å². The molecule has 1 aliphatic heterocycles. The van der Waals surface area contributed by atoms with Gasteiger partial charge in [0.15, 0.2) is 0 Å². The molecule has 1 amide bonds. The number of hydrogen-bond acceptors (Lipinski definition) is 3. The van der Waals surface area contributed by atoms with Crippen molar-refractivity contribution in [3.05, 3.63) is 72.2 Å². The average molecular weight is 382 g/mol. The van der Waals surface area contributed by atoms with Crippen molar-refractivity contribution in [1.29, 1.82) is 0 Å². The van der Waals surface area contributed by atoms with Gasteiger partial charge in [-0.05, 0) is 36.4 Å². The number of amides is 1. The Bertz CT molecular complexity index is 956. The monoisotopic (exact) mass is 382 g/mol. The number of hydrogen-bond donors (Lipinski definition) is 2.